The molecule has 0 aliphatic rings. The number of hydrogen-bond donors (Lipinski definition) is 2. The lowest BCUT2D eigenvalue weighted by molar-refractivity contribution is -0.142. The van der Waals surface area contributed by atoms with Gasteiger partial charge in [-0.15, -0.1) is 0 Å². The first-order chi connectivity index (χ1) is 10.5. The number of H-pyrrole nitrogens is 1. The third-order valence-corrected chi connectivity index (χ3v) is 3.40. The van der Waals surface area contributed by atoms with E-state index in [9.17, 15) is 14.7 Å². The van der Waals surface area contributed by atoms with E-state index < -0.39 is 17.9 Å². The standard InChI is InChI=1S/C15H11ClN3O3/c1-3-9-4-5-10(6-11(9)16)14(20)19(2)13(15(21)22)12-7-17-8-18-12/h4-8,13H,2H3,(H,17,18)(H,21,22). The second-order valence-corrected chi connectivity index (χ2v) is 4.88. The molecule has 0 aliphatic heterocycles. The van der Waals surface area contributed by atoms with E-state index in [1.54, 1.807) is 0 Å². The van der Waals surface area contributed by atoms with Crippen molar-refractivity contribution in [3.05, 3.63) is 59.0 Å². The number of carbonyl (C=O) groups excluding carboxylic acids is 1. The van der Waals surface area contributed by atoms with Crippen LogP contribution in [0.3, 0.4) is 0 Å². The molecule has 0 saturated carbocycles. The number of benzene rings is 1. The molecule has 1 unspecified atom stereocenters. The Balaban J connectivity index is 2.33. The molecule has 7 heteroatoms. The average Bonchev–Trinajstić information content (AvgIpc) is 2.99. The fraction of sp³-hybridized carbons (Fsp3) is 0.133. The van der Waals surface area contributed by atoms with Crippen molar-refractivity contribution in [1.29, 1.82) is 0 Å². The fourth-order valence-electron chi connectivity index (χ4n) is 1.98. The maximum absolute atomic E-state index is 12.4. The number of aromatic amines is 1. The number of amides is 1. The number of carboxylic acids is 1. The minimum absolute atomic E-state index is 0.195. The Kier molecular flexibility index (Phi) is 4.49. The van der Waals surface area contributed by atoms with Crippen molar-refractivity contribution in [2.24, 2.45) is 0 Å². The van der Waals surface area contributed by atoms with Crippen LogP contribution >= 0.6 is 11.6 Å². The summed E-state index contributed by atoms with van der Waals surface area (Å²) in [5, 5.41) is 9.53. The Morgan fingerprint density at radius 2 is 2.23 bits per heavy atom. The number of nitrogens with one attached hydrogen (secondary N) is 1. The molecule has 0 aliphatic carbocycles. The Bertz CT molecular complexity index is 750. The van der Waals surface area contributed by atoms with Crippen LogP contribution in [-0.2, 0) is 4.79 Å². The molecule has 0 fully saturated rings. The van der Waals surface area contributed by atoms with Crippen LogP contribution in [0.15, 0.2) is 30.7 Å². The highest BCUT2D eigenvalue weighted by atomic mass is 35.5. The Labute approximate surface area is 131 Å². The largest absolute Gasteiger partial charge is 0.479 e. The van der Waals surface area contributed by atoms with Crippen LogP contribution in [0.1, 0.15) is 27.7 Å². The molecule has 1 atom stereocenters. The summed E-state index contributed by atoms with van der Waals surface area (Å²) in [4.78, 5) is 31.5. The van der Waals surface area contributed by atoms with Gasteiger partial charge in [-0.1, -0.05) is 17.5 Å². The van der Waals surface area contributed by atoms with E-state index in [1.165, 1.54) is 37.8 Å². The number of carbonyl (C=O) groups is 2. The second-order valence-electron chi connectivity index (χ2n) is 4.47. The topological polar surface area (TPSA) is 86.3 Å². The lowest BCUT2D eigenvalue weighted by Crippen LogP contribution is -2.36. The van der Waals surface area contributed by atoms with Crippen molar-refractivity contribution in [3.8, 4) is 5.92 Å². The molecule has 0 bridgehead atoms. The molecular weight excluding hydrogens is 306 g/mol. The van der Waals surface area contributed by atoms with E-state index in [0.717, 1.165) is 4.90 Å². The van der Waals surface area contributed by atoms with Gasteiger partial charge in [-0.25, -0.2) is 9.78 Å². The highest BCUT2D eigenvalue weighted by molar-refractivity contribution is 6.32. The summed E-state index contributed by atoms with van der Waals surface area (Å²) >= 11 is 5.93. The lowest BCUT2D eigenvalue weighted by atomic mass is 10.1. The lowest BCUT2D eigenvalue weighted by Gasteiger charge is -2.23. The fourth-order valence-corrected chi connectivity index (χ4v) is 2.21. The van der Waals surface area contributed by atoms with Crippen LogP contribution in [0.4, 0.5) is 0 Å². The van der Waals surface area contributed by atoms with Crippen LogP contribution in [-0.4, -0.2) is 38.9 Å². The molecule has 0 spiro atoms. The monoisotopic (exact) mass is 316 g/mol. The van der Waals surface area contributed by atoms with Crippen molar-refractivity contribution in [2.75, 3.05) is 7.05 Å². The number of nitrogens with zero attached hydrogens (tertiary/aromatic N) is 2. The SMILES string of the molecule is [C]#Cc1ccc(C(=O)N(C)C(C(=O)O)c2c[nH]cn2)cc1Cl. The van der Waals surface area contributed by atoms with Crippen molar-refractivity contribution in [1.82, 2.24) is 14.9 Å². The zero-order chi connectivity index (χ0) is 16.3. The molecular formula is C15H11ClN3O3. The molecule has 1 amide bonds. The summed E-state index contributed by atoms with van der Waals surface area (Å²) in [5.41, 5.74) is 0.787. The highest BCUT2D eigenvalue weighted by Crippen LogP contribution is 2.22. The first-order valence-corrected chi connectivity index (χ1v) is 6.54. The summed E-state index contributed by atoms with van der Waals surface area (Å²) < 4.78 is 0. The quantitative estimate of drug-likeness (QED) is 0.843. The van der Waals surface area contributed by atoms with E-state index in [2.05, 4.69) is 15.9 Å². The maximum Gasteiger partial charge on any atom is 0.332 e. The van der Waals surface area contributed by atoms with Gasteiger partial charge >= 0.3 is 5.97 Å². The molecule has 2 aromatic rings. The van der Waals surface area contributed by atoms with Crippen molar-refractivity contribution < 1.29 is 14.7 Å². The predicted octanol–water partition coefficient (Wildman–Crippen LogP) is 1.90. The van der Waals surface area contributed by atoms with Crippen molar-refractivity contribution in [3.63, 3.8) is 0 Å². The van der Waals surface area contributed by atoms with E-state index in [1.807, 2.05) is 0 Å². The van der Waals surface area contributed by atoms with Crippen LogP contribution in [0, 0.1) is 12.3 Å². The minimum atomic E-state index is -1.22. The van der Waals surface area contributed by atoms with Gasteiger partial charge in [0, 0.05) is 24.4 Å². The highest BCUT2D eigenvalue weighted by Gasteiger charge is 2.30. The first-order valence-electron chi connectivity index (χ1n) is 6.16. The molecule has 1 heterocycles. The Morgan fingerprint density at radius 3 is 2.73 bits per heavy atom. The molecule has 111 valence electrons. The third-order valence-electron chi connectivity index (χ3n) is 3.09. The summed E-state index contributed by atoms with van der Waals surface area (Å²) in [6.07, 6.45) is 9.81. The Hall–Kier alpha value is -2.78. The van der Waals surface area contributed by atoms with E-state index in [4.69, 9.17) is 18.0 Å². The van der Waals surface area contributed by atoms with Crippen LogP contribution in [0.2, 0.25) is 5.02 Å². The van der Waals surface area contributed by atoms with Crippen LogP contribution in [0.5, 0.6) is 0 Å². The van der Waals surface area contributed by atoms with Gasteiger partial charge in [0.1, 0.15) is 0 Å². The van der Waals surface area contributed by atoms with Gasteiger partial charge in [0.25, 0.3) is 5.91 Å². The molecule has 22 heavy (non-hydrogen) atoms. The van der Waals surface area contributed by atoms with E-state index >= 15 is 0 Å². The molecule has 0 saturated heterocycles. The van der Waals surface area contributed by atoms with Crippen molar-refractivity contribution >= 4 is 23.5 Å². The summed E-state index contributed by atoms with van der Waals surface area (Å²) in [6.45, 7) is 0. The van der Waals surface area contributed by atoms with Gasteiger partial charge in [-0.3, -0.25) is 4.79 Å². The summed E-state index contributed by atoms with van der Waals surface area (Å²) in [7, 11) is 1.38. The van der Waals surface area contributed by atoms with Gasteiger partial charge in [0.15, 0.2) is 6.04 Å². The molecule has 2 N–H and O–H groups in total. The van der Waals surface area contributed by atoms with Gasteiger partial charge in [-0.2, -0.15) is 0 Å². The number of rotatable bonds is 4. The Morgan fingerprint density at radius 1 is 1.50 bits per heavy atom. The van der Waals surface area contributed by atoms with Crippen LogP contribution < -0.4 is 0 Å². The van der Waals surface area contributed by atoms with Crippen LogP contribution in [0.25, 0.3) is 0 Å². The van der Waals surface area contributed by atoms with Gasteiger partial charge in [-0.05, 0) is 24.6 Å². The zero-order valence-electron chi connectivity index (χ0n) is 11.5. The molecule has 1 radical (unpaired) electrons. The molecule has 2 rings (SSSR count). The maximum atomic E-state index is 12.4. The van der Waals surface area contributed by atoms with Gasteiger partial charge in [0.2, 0.25) is 0 Å². The second kappa shape index (κ2) is 6.33. The smallest absolute Gasteiger partial charge is 0.332 e. The number of aromatic nitrogens is 2. The predicted molar refractivity (Wildman–Crippen MR) is 78.7 cm³/mol. The number of aliphatic carboxylic acids is 1. The first kappa shape index (κ1) is 15.6. The number of likely N-dealkylation sites (N-methyl/N-ethyl adjacent to an activating group) is 1. The normalized spacial score (nSPS) is 11.5. The zero-order valence-corrected chi connectivity index (χ0v) is 12.3. The molecule has 6 nitrogen and oxygen atoms in total. The van der Waals surface area contributed by atoms with E-state index in [-0.39, 0.29) is 16.3 Å². The third kappa shape index (κ3) is 2.95. The minimum Gasteiger partial charge on any atom is -0.479 e. The summed E-state index contributed by atoms with van der Waals surface area (Å²) in [5.74, 6) is 0.423. The van der Waals surface area contributed by atoms with Crippen molar-refractivity contribution in [2.45, 2.75) is 6.04 Å². The molecule has 1 aromatic carbocycles. The number of carboxylic acid groups (broad SMARTS) is 1. The summed E-state index contributed by atoms with van der Waals surface area (Å²) in [6, 6.07) is 3.10. The van der Waals surface area contributed by atoms with E-state index in [0.29, 0.717) is 5.56 Å². The van der Waals surface area contributed by atoms with Gasteiger partial charge in [0.05, 0.1) is 17.0 Å². The number of halogens is 1. The number of hydrogen-bond acceptors (Lipinski definition) is 3. The van der Waals surface area contributed by atoms with Gasteiger partial charge < -0.3 is 15.0 Å². The number of imidazole rings is 1. The average molecular weight is 317 g/mol. The molecule has 1 aromatic heterocycles.